The summed E-state index contributed by atoms with van der Waals surface area (Å²) in [4.78, 5) is 18.3. The zero-order chi connectivity index (χ0) is 27.9. The van der Waals surface area contributed by atoms with E-state index in [9.17, 15) is 22.4 Å². The normalized spacial score (nSPS) is 21.8. The van der Waals surface area contributed by atoms with Crippen LogP contribution < -0.4 is 11.6 Å². The third-order valence-corrected chi connectivity index (χ3v) is 8.61. The molecule has 1 aliphatic carbocycles. The largest absolute Gasteiger partial charge is 0.416 e. The number of fused-ring (bicyclic) bond motifs is 2. The second-order valence-electron chi connectivity index (χ2n) is 9.85. The topological polar surface area (TPSA) is 106 Å². The number of carbonyl (C=O) groups excluding carboxylic acids is 1. The van der Waals surface area contributed by atoms with Crippen LogP contribution in [0.4, 0.5) is 17.6 Å². The van der Waals surface area contributed by atoms with E-state index < -0.39 is 22.9 Å². The SMILES string of the molecule is CN(N)/C(=C\N)SN1CCC2Cc3c(cnn3-c3ccc(F)cc3)CC2(C(=O)c2cc(C(F)(F)F)ccn2)C1. The molecule has 2 aliphatic rings. The summed E-state index contributed by atoms with van der Waals surface area (Å²) < 4.78 is 57.7. The highest BCUT2D eigenvalue weighted by Crippen LogP contribution is 2.49. The van der Waals surface area contributed by atoms with Gasteiger partial charge >= 0.3 is 6.18 Å². The molecule has 1 fully saturated rings. The monoisotopic (exact) mass is 561 g/mol. The molecule has 2 unspecified atom stereocenters. The minimum Gasteiger partial charge on any atom is -0.402 e. The van der Waals surface area contributed by atoms with Gasteiger partial charge < -0.3 is 10.7 Å². The van der Waals surface area contributed by atoms with Crippen molar-refractivity contribution in [3.05, 3.63) is 88.4 Å². The van der Waals surface area contributed by atoms with E-state index in [-0.39, 0.29) is 30.4 Å². The van der Waals surface area contributed by atoms with Crippen molar-refractivity contribution < 1.29 is 22.4 Å². The Balaban J connectivity index is 1.56. The maximum absolute atomic E-state index is 14.2. The standard InChI is InChI=1S/C26H27F4N7OS/c1-35(32)23(13-31)39-36-9-7-17-11-22-16(14-34-37(22)20-4-2-19(27)3-5-20)12-25(17,15-36)24(38)21-10-18(6-8-33-21)26(28,29)30/h2-6,8,10,13-14,17H,7,9,11-12,15,31-32H2,1H3/b23-13+. The van der Waals surface area contributed by atoms with Crippen LogP contribution in [-0.2, 0) is 19.0 Å². The molecule has 13 heteroatoms. The van der Waals surface area contributed by atoms with Crippen molar-refractivity contribution in [1.29, 1.82) is 0 Å². The number of Topliss-reactive ketones (excluding diaryl/α,β-unsaturated/α-hetero) is 1. The van der Waals surface area contributed by atoms with Crippen LogP contribution >= 0.6 is 11.9 Å². The minimum absolute atomic E-state index is 0.192. The Morgan fingerprint density at radius 2 is 2.00 bits per heavy atom. The first kappa shape index (κ1) is 27.2. The molecule has 0 spiro atoms. The number of hydrogen-bond acceptors (Lipinski definition) is 8. The fraction of sp³-hybridized carbons (Fsp3) is 0.346. The zero-order valence-electron chi connectivity index (χ0n) is 21.0. The summed E-state index contributed by atoms with van der Waals surface area (Å²) in [6.45, 7) is 0.858. The number of piperidine rings is 1. The fourth-order valence-electron chi connectivity index (χ4n) is 5.49. The molecule has 5 rings (SSSR count). The second-order valence-corrected chi connectivity index (χ2v) is 11.0. The van der Waals surface area contributed by atoms with Crippen LogP contribution in [0.2, 0.25) is 0 Å². The predicted octanol–water partition coefficient (Wildman–Crippen LogP) is 3.93. The Morgan fingerprint density at radius 1 is 1.26 bits per heavy atom. The third kappa shape index (κ3) is 5.13. The Morgan fingerprint density at radius 3 is 2.67 bits per heavy atom. The molecule has 206 valence electrons. The summed E-state index contributed by atoms with van der Waals surface area (Å²) in [6.07, 6.45) is 0.800. The van der Waals surface area contributed by atoms with Gasteiger partial charge in [0.1, 0.15) is 16.5 Å². The lowest BCUT2D eigenvalue weighted by molar-refractivity contribution is -0.137. The first-order valence-electron chi connectivity index (χ1n) is 12.2. The van der Waals surface area contributed by atoms with Crippen molar-refractivity contribution in [3.8, 4) is 5.69 Å². The molecule has 1 aromatic carbocycles. The van der Waals surface area contributed by atoms with Crippen LogP contribution in [0.1, 0.15) is 33.7 Å². The van der Waals surface area contributed by atoms with E-state index in [0.29, 0.717) is 30.1 Å². The highest BCUT2D eigenvalue weighted by Gasteiger charge is 2.53. The lowest BCUT2D eigenvalue weighted by atomic mass is 9.60. The summed E-state index contributed by atoms with van der Waals surface area (Å²) in [7, 11) is 1.64. The Hall–Kier alpha value is -3.42. The number of hydrogen-bond donors (Lipinski definition) is 2. The molecular weight excluding hydrogens is 534 g/mol. The first-order valence-corrected chi connectivity index (χ1v) is 13.0. The number of nitrogens with two attached hydrogens (primary N) is 2. The first-order chi connectivity index (χ1) is 18.5. The van der Waals surface area contributed by atoms with Gasteiger partial charge in [0, 0.05) is 38.2 Å². The lowest BCUT2D eigenvalue weighted by Crippen LogP contribution is -2.55. The average Bonchev–Trinajstić information content (AvgIpc) is 3.31. The van der Waals surface area contributed by atoms with E-state index in [1.807, 2.05) is 4.31 Å². The Kier molecular flexibility index (Phi) is 7.16. The lowest BCUT2D eigenvalue weighted by Gasteiger charge is -2.49. The third-order valence-electron chi connectivity index (χ3n) is 7.42. The fourth-order valence-corrected chi connectivity index (χ4v) is 6.44. The van der Waals surface area contributed by atoms with E-state index in [4.69, 9.17) is 11.6 Å². The van der Waals surface area contributed by atoms with Crippen LogP contribution in [0.25, 0.3) is 5.69 Å². The quantitative estimate of drug-likeness (QED) is 0.153. The molecule has 0 radical (unpaired) electrons. The van der Waals surface area contributed by atoms with Crippen LogP contribution in [0, 0.1) is 17.2 Å². The molecule has 2 atom stereocenters. The van der Waals surface area contributed by atoms with Crippen LogP contribution in [0.15, 0.2) is 60.0 Å². The summed E-state index contributed by atoms with van der Waals surface area (Å²) >= 11 is 1.29. The van der Waals surface area contributed by atoms with Gasteiger partial charge in [0.25, 0.3) is 0 Å². The molecule has 0 saturated carbocycles. The van der Waals surface area contributed by atoms with E-state index in [1.165, 1.54) is 35.3 Å². The van der Waals surface area contributed by atoms with Gasteiger partial charge in [-0.1, -0.05) is 0 Å². The van der Waals surface area contributed by atoms with Crippen molar-refractivity contribution in [1.82, 2.24) is 24.1 Å². The molecule has 0 amide bonds. The molecule has 3 aromatic rings. The van der Waals surface area contributed by atoms with Gasteiger partial charge in [-0.25, -0.2) is 19.2 Å². The van der Waals surface area contributed by atoms with Gasteiger partial charge in [0.05, 0.1) is 22.9 Å². The van der Waals surface area contributed by atoms with Crippen LogP contribution in [-0.4, -0.2) is 50.0 Å². The number of pyridine rings is 1. The summed E-state index contributed by atoms with van der Waals surface area (Å²) in [5, 5.41) is 6.45. The molecule has 4 N–H and O–H groups in total. The molecule has 0 bridgehead atoms. The summed E-state index contributed by atoms with van der Waals surface area (Å²) in [5.74, 6) is 4.89. The van der Waals surface area contributed by atoms with Gasteiger partial charge in [-0.15, -0.1) is 0 Å². The van der Waals surface area contributed by atoms with Crippen molar-refractivity contribution in [2.75, 3.05) is 20.1 Å². The molecule has 3 heterocycles. The predicted molar refractivity (Wildman–Crippen MR) is 138 cm³/mol. The molecule has 1 saturated heterocycles. The number of alkyl halides is 3. The number of hydrazine groups is 1. The highest BCUT2D eigenvalue weighted by molar-refractivity contribution is 8.00. The Labute approximate surface area is 226 Å². The average molecular weight is 562 g/mol. The second kappa shape index (κ2) is 10.3. The molecule has 8 nitrogen and oxygen atoms in total. The molecule has 2 aromatic heterocycles. The summed E-state index contributed by atoms with van der Waals surface area (Å²) in [5.41, 5.74) is 5.95. The van der Waals surface area contributed by atoms with Gasteiger partial charge in [-0.05, 0) is 79.1 Å². The number of aromatic nitrogens is 3. The van der Waals surface area contributed by atoms with Crippen molar-refractivity contribution in [2.45, 2.75) is 25.4 Å². The van der Waals surface area contributed by atoms with E-state index in [2.05, 4.69) is 10.1 Å². The van der Waals surface area contributed by atoms with E-state index in [0.717, 1.165) is 29.6 Å². The number of ketones is 1. The molecule has 39 heavy (non-hydrogen) atoms. The maximum Gasteiger partial charge on any atom is 0.416 e. The number of nitrogens with zero attached hydrogens (tertiary/aromatic N) is 5. The number of carbonyl (C=O) groups is 1. The minimum atomic E-state index is -4.61. The van der Waals surface area contributed by atoms with Crippen molar-refractivity contribution in [2.24, 2.45) is 22.9 Å². The zero-order valence-corrected chi connectivity index (χ0v) is 21.8. The molecule has 1 aliphatic heterocycles. The smallest absolute Gasteiger partial charge is 0.402 e. The van der Waals surface area contributed by atoms with Crippen LogP contribution in [0.3, 0.4) is 0 Å². The van der Waals surface area contributed by atoms with Crippen molar-refractivity contribution >= 4 is 17.7 Å². The van der Waals surface area contributed by atoms with E-state index in [1.54, 1.807) is 30.1 Å². The van der Waals surface area contributed by atoms with Gasteiger partial charge in [0.15, 0.2) is 5.78 Å². The van der Waals surface area contributed by atoms with Crippen molar-refractivity contribution in [3.63, 3.8) is 0 Å². The van der Waals surface area contributed by atoms with Gasteiger partial charge in [0.2, 0.25) is 0 Å². The number of rotatable bonds is 6. The van der Waals surface area contributed by atoms with Gasteiger partial charge in [-0.3, -0.25) is 9.78 Å². The van der Waals surface area contributed by atoms with Gasteiger partial charge in [-0.2, -0.15) is 18.3 Å². The van der Waals surface area contributed by atoms with Crippen LogP contribution in [0.5, 0.6) is 0 Å². The maximum atomic E-state index is 14.2. The highest BCUT2D eigenvalue weighted by atomic mass is 32.2. The molecular formula is C26H27F4N7OS. The van der Waals surface area contributed by atoms with E-state index >= 15 is 0 Å². The number of halogens is 4. The number of benzene rings is 1. The Bertz CT molecular complexity index is 1410. The summed E-state index contributed by atoms with van der Waals surface area (Å²) in [6, 6.07) is 7.65.